The van der Waals surface area contributed by atoms with Gasteiger partial charge in [-0.25, -0.2) is 23.1 Å². The van der Waals surface area contributed by atoms with Gasteiger partial charge in [-0.1, -0.05) is 0 Å². The lowest BCUT2D eigenvalue weighted by Gasteiger charge is -2.33. The van der Waals surface area contributed by atoms with E-state index < -0.39 is 15.3 Å². The topological polar surface area (TPSA) is 120 Å². The van der Waals surface area contributed by atoms with Crippen LogP contribution in [0.15, 0.2) is 18.5 Å². The number of piperidine rings is 1. The number of imidazole rings is 1. The first-order valence-corrected chi connectivity index (χ1v) is 11.9. The van der Waals surface area contributed by atoms with E-state index in [0.717, 1.165) is 54.5 Å². The second-order valence-electron chi connectivity index (χ2n) is 8.03. The first-order chi connectivity index (χ1) is 14.4. The third-order valence-corrected chi connectivity index (χ3v) is 7.61. The van der Waals surface area contributed by atoms with Crippen molar-refractivity contribution in [1.82, 2.24) is 29.1 Å². The number of sulfonamides is 1. The van der Waals surface area contributed by atoms with Crippen molar-refractivity contribution in [3.63, 3.8) is 0 Å². The Labute approximate surface area is 176 Å². The third kappa shape index (κ3) is 3.93. The molecule has 1 aliphatic heterocycles. The summed E-state index contributed by atoms with van der Waals surface area (Å²) in [5, 5.41) is 9.33. The Hall–Kier alpha value is -2.48. The zero-order chi connectivity index (χ0) is 21.3. The molecule has 0 atom stereocenters. The maximum atomic E-state index is 12.3. The fourth-order valence-electron chi connectivity index (χ4n) is 4.10. The molecule has 0 saturated carbocycles. The van der Waals surface area contributed by atoms with E-state index in [1.165, 1.54) is 0 Å². The summed E-state index contributed by atoms with van der Waals surface area (Å²) in [6.07, 6.45) is 5.99. The van der Waals surface area contributed by atoms with Gasteiger partial charge >= 0.3 is 0 Å². The van der Waals surface area contributed by atoms with Crippen molar-refractivity contribution >= 4 is 32.1 Å². The molecule has 0 aliphatic carbocycles. The Balaban J connectivity index is 1.70. The van der Waals surface area contributed by atoms with E-state index in [1.54, 1.807) is 20.0 Å². The highest BCUT2D eigenvalue weighted by molar-refractivity contribution is 7.90. The fourth-order valence-corrected chi connectivity index (χ4v) is 4.76. The number of likely N-dealkylation sites (tertiary alicyclic amines) is 1. The van der Waals surface area contributed by atoms with E-state index in [1.807, 2.05) is 12.3 Å². The lowest BCUT2D eigenvalue weighted by atomic mass is 10.0. The van der Waals surface area contributed by atoms with E-state index in [-0.39, 0.29) is 12.6 Å². The average Bonchev–Trinajstić information content (AvgIpc) is 3.35. The van der Waals surface area contributed by atoms with E-state index in [0.29, 0.717) is 12.2 Å². The van der Waals surface area contributed by atoms with Gasteiger partial charge in [0.2, 0.25) is 10.0 Å². The van der Waals surface area contributed by atoms with Gasteiger partial charge in [0.25, 0.3) is 0 Å². The molecule has 0 spiro atoms. The van der Waals surface area contributed by atoms with Crippen LogP contribution in [0.3, 0.4) is 0 Å². The van der Waals surface area contributed by atoms with Gasteiger partial charge in [0, 0.05) is 43.7 Å². The number of aromatic amines is 1. The molecule has 1 aliphatic rings. The van der Waals surface area contributed by atoms with Crippen LogP contribution < -0.4 is 4.72 Å². The molecule has 10 heteroatoms. The lowest BCUT2D eigenvalue weighted by molar-refractivity contribution is 0.190. The molecule has 30 heavy (non-hydrogen) atoms. The van der Waals surface area contributed by atoms with Gasteiger partial charge in [0.1, 0.15) is 17.0 Å². The summed E-state index contributed by atoms with van der Waals surface area (Å²) in [4.78, 5) is 14.7. The van der Waals surface area contributed by atoms with Crippen molar-refractivity contribution in [2.75, 3.05) is 19.6 Å². The van der Waals surface area contributed by atoms with Crippen LogP contribution >= 0.6 is 0 Å². The summed E-state index contributed by atoms with van der Waals surface area (Å²) in [6, 6.07) is 4.42. The largest absolute Gasteiger partial charge is 0.346 e. The quantitative estimate of drug-likeness (QED) is 0.595. The number of nitrogens with zero attached hydrogens (tertiary/aromatic N) is 5. The first-order valence-electron chi connectivity index (χ1n) is 10.3. The predicted octanol–water partition coefficient (Wildman–Crippen LogP) is 2.29. The molecule has 0 aromatic carbocycles. The number of nitrogens with one attached hydrogen (secondary N) is 2. The van der Waals surface area contributed by atoms with Crippen LogP contribution in [0.25, 0.3) is 22.1 Å². The Bertz CT molecular complexity index is 1180. The summed E-state index contributed by atoms with van der Waals surface area (Å²) in [7, 11) is -3.40. The molecule has 3 aromatic heterocycles. The van der Waals surface area contributed by atoms with Gasteiger partial charge in [-0.05, 0) is 32.8 Å². The van der Waals surface area contributed by atoms with Crippen LogP contribution in [0.4, 0.5) is 0 Å². The normalized spacial score (nSPS) is 16.6. The maximum Gasteiger partial charge on any atom is 0.214 e. The fraction of sp³-hybridized carbons (Fsp3) is 0.550. The van der Waals surface area contributed by atoms with Crippen LogP contribution in [0, 0.1) is 11.3 Å². The maximum absolute atomic E-state index is 12.3. The molecule has 1 fully saturated rings. The van der Waals surface area contributed by atoms with Crippen molar-refractivity contribution in [3.05, 3.63) is 24.3 Å². The predicted molar refractivity (Wildman–Crippen MR) is 115 cm³/mol. The second-order valence-corrected chi connectivity index (χ2v) is 10.3. The number of aromatic nitrogens is 4. The molecule has 9 nitrogen and oxygen atoms in total. The Morgan fingerprint density at radius 3 is 2.83 bits per heavy atom. The zero-order valence-electron chi connectivity index (χ0n) is 17.3. The van der Waals surface area contributed by atoms with Crippen molar-refractivity contribution in [2.45, 2.75) is 50.9 Å². The Morgan fingerprint density at radius 1 is 1.37 bits per heavy atom. The van der Waals surface area contributed by atoms with Crippen LogP contribution in [0.5, 0.6) is 0 Å². The number of nitriles is 1. The van der Waals surface area contributed by atoms with Crippen molar-refractivity contribution in [1.29, 1.82) is 5.26 Å². The van der Waals surface area contributed by atoms with Gasteiger partial charge in [0.05, 0.1) is 29.6 Å². The Morgan fingerprint density at radius 2 is 2.13 bits per heavy atom. The molecule has 0 radical (unpaired) electrons. The van der Waals surface area contributed by atoms with Crippen LogP contribution in [-0.2, 0) is 16.6 Å². The van der Waals surface area contributed by atoms with Crippen molar-refractivity contribution < 1.29 is 8.42 Å². The van der Waals surface area contributed by atoms with Crippen LogP contribution in [0.1, 0.15) is 45.0 Å². The van der Waals surface area contributed by atoms with Gasteiger partial charge in [-0.3, -0.25) is 0 Å². The molecule has 0 bridgehead atoms. The molecule has 160 valence electrons. The average molecular weight is 430 g/mol. The highest BCUT2D eigenvalue weighted by Gasteiger charge is 2.26. The van der Waals surface area contributed by atoms with E-state index in [2.05, 4.69) is 30.2 Å². The minimum absolute atomic E-state index is 0.149. The third-order valence-electron chi connectivity index (χ3n) is 5.82. The lowest BCUT2D eigenvalue weighted by Crippen LogP contribution is -2.36. The molecular formula is C20H27N7O2S. The summed E-state index contributed by atoms with van der Waals surface area (Å²) in [5.41, 5.74) is 2.56. The zero-order valence-corrected chi connectivity index (χ0v) is 18.1. The van der Waals surface area contributed by atoms with Crippen LogP contribution in [-0.4, -0.2) is 57.7 Å². The number of hydrogen-bond donors (Lipinski definition) is 2. The van der Waals surface area contributed by atoms with Gasteiger partial charge < -0.3 is 14.5 Å². The first kappa shape index (κ1) is 20.8. The number of rotatable bonds is 7. The highest BCUT2D eigenvalue weighted by Crippen LogP contribution is 2.32. The summed E-state index contributed by atoms with van der Waals surface area (Å²) in [5.74, 6) is 0.709. The minimum Gasteiger partial charge on any atom is -0.346 e. The van der Waals surface area contributed by atoms with Gasteiger partial charge in [0.15, 0.2) is 0 Å². The van der Waals surface area contributed by atoms with Crippen molar-refractivity contribution in [3.8, 4) is 6.07 Å². The monoisotopic (exact) mass is 429 g/mol. The molecular weight excluding hydrogens is 402 g/mol. The van der Waals surface area contributed by atoms with Gasteiger partial charge in [-0.2, -0.15) is 5.26 Å². The number of pyridine rings is 1. The molecule has 3 aromatic rings. The van der Waals surface area contributed by atoms with E-state index in [4.69, 9.17) is 10.2 Å². The molecule has 4 rings (SSSR count). The minimum atomic E-state index is -3.40. The van der Waals surface area contributed by atoms with Gasteiger partial charge in [-0.15, -0.1) is 0 Å². The SMILES string of the molecule is CC(C)S(=O)(=O)NCc1nc2cnc3[nH]ccc3c2n1C1CCN(CCC#N)CC1. The van der Waals surface area contributed by atoms with E-state index in [9.17, 15) is 8.42 Å². The van der Waals surface area contributed by atoms with Crippen LogP contribution in [0.2, 0.25) is 0 Å². The number of hydrogen-bond acceptors (Lipinski definition) is 6. The summed E-state index contributed by atoms with van der Waals surface area (Å²) < 4.78 is 29.6. The Kier molecular flexibility index (Phi) is 5.77. The molecule has 0 unspecified atom stereocenters. The van der Waals surface area contributed by atoms with E-state index >= 15 is 0 Å². The second kappa shape index (κ2) is 8.34. The van der Waals surface area contributed by atoms with Crippen molar-refractivity contribution in [2.24, 2.45) is 0 Å². The highest BCUT2D eigenvalue weighted by atomic mass is 32.2. The summed E-state index contributed by atoms with van der Waals surface area (Å²) >= 11 is 0. The standard InChI is InChI=1S/C20H27N7O2S/c1-14(2)30(28,29)24-13-18-25-17-12-23-20-16(4-8-22-20)19(17)27(18)15-5-10-26(11-6-15)9-3-7-21/h4,8,12,14-15,24H,3,5-6,9-11,13H2,1-2H3,(H,22,23). The smallest absolute Gasteiger partial charge is 0.214 e. The number of fused-ring (bicyclic) bond motifs is 3. The molecule has 4 heterocycles. The molecule has 2 N–H and O–H groups in total. The number of H-pyrrole nitrogens is 1. The molecule has 0 amide bonds. The summed E-state index contributed by atoms with van der Waals surface area (Å²) in [6.45, 7) is 6.08. The molecule has 1 saturated heterocycles.